The Kier molecular flexibility index (Phi) is 3.45. The summed E-state index contributed by atoms with van der Waals surface area (Å²) in [5, 5.41) is 5.98. The van der Waals surface area contributed by atoms with Crippen molar-refractivity contribution < 1.29 is 4.79 Å². The molecule has 0 saturated heterocycles. The van der Waals surface area contributed by atoms with E-state index in [4.69, 9.17) is 23.2 Å². The van der Waals surface area contributed by atoms with Gasteiger partial charge in [-0.1, -0.05) is 40.6 Å². The van der Waals surface area contributed by atoms with Gasteiger partial charge in [0.1, 0.15) is 5.52 Å². The van der Waals surface area contributed by atoms with Gasteiger partial charge in [0.05, 0.1) is 19.6 Å². The summed E-state index contributed by atoms with van der Waals surface area (Å²) in [4.78, 5) is 16.9. The van der Waals surface area contributed by atoms with Crippen molar-refractivity contribution in [3.05, 3.63) is 44.6 Å². The Morgan fingerprint density at radius 2 is 2.11 bits per heavy atom. The van der Waals surface area contributed by atoms with Crippen LogP contribution in [-0.4, -0.2) is 10.9 Å². The monoisotopic (exact) mass is 328 g/mol. The van der Waals surface area contributed by atoms with Crippen LogP contribution in [-0.2, 0) is 0 Å². The molecule has 96 valence electrons. The van der Waals surface area contributed by atoms with Crippen LogP contribution in [0.1, 0.15) is 9.67 Å². The summed E-state index contributed by atoms with van der Waals surface area (Å²) in [6, 6.07) is 7.14. The van der Waals surface area contributed by atoms with Crippen molar-refractivity contribution in [3.8, 4) is 0 Å². The minimum Gasteiger partial charge on any atom is -0.297 e. The van der Waals surface area contributed by atoms with Crippen LogP contribution < -0.4 is 5.32 Å². The second-order valence-corrected chi connectivity index (χ2v) is 6.42. The number of thiophene rings is 1. The quantitative estimate of drug-likeness (QED) is 0.725. The molecule has 0 saturated carbocycles. The summed E-state index contributed by atoms with van der Waals surface area (Å²) in [6.07, 6.45) is 0. The Hall–Kier alpha value is -1.14. The van der Waals surface area contributed by atoms with Gasteiger partial charge >= 0.3 is 0 Å². The average Bonchev–Trinajstić information content (AvgIpc) is 3.02. The summed E-state index contributed by atoms with van der Waals surface area (Å²) in [5.41, 5.74) is 0.612. The number of fused-ring (bicyclic) bond motifs is 1. The van der Waals surface area contributed by atoms with Gasteiger partial charge in [-0.3, -0.25) is 10.1 Å². The number of amides is 1. The zero-order valence-electron chi connectivity index (χ0n) is 9.31. The van der Waals surface area contributed by atoms with Crippen molar-refractivity contribution >= 4 is 67.1 Å². The Labute approximate surface area is 126 Å². The second kappa shape index (κ2) is 5.09. The highest BCUT2D eigenvalue weighted by Gasteiger charge is 2.13. The summed E-state index contributed by atoms with van der Waals surface area (Å²) in [7, 11) is 0. The first-order valence-electron chi connectivity index (χ1n) is 5.24. The fourth-order valence-electron chi connectivity index (χ4n) is 1.56. The van der Waals surface area contributed by atoms with Crippen molar-refractivity contribution in [1.29, 1.82) is 0 Å². The van der Waals surface area contributed by atoms with E-state index in [-0.39, 0.29) is 5.91 Å². The molecule has 3 aromatic rings. The van der Waals surface area contributed by atoms with Crippen LogP contribution >= 0.6 is 45.9 Å². The van der Waals surface area contributed by atoms with Crippen molar-refractivity contribution in [2.45, 2.75) is 0 Å². The molecule has 7 heteroatoms. The number of aromatic nitrogens is 1. The number of thiazole rings is 1. The zero-order valence-corrected chi connectivity index (χ0v) is 12.5. The number of hydrogen-bond donors (Lipinski definition) is 1. The smallest absolute Gasteiger partial charge is 0.267 e. The van der Waals surface area contributed by atoms with Crippen LogP contribution in [0.25, 0.3) is 10.2 Å². The lowest BCUT2D eigenvalue weighted by atomic mass is 10.3. The van der Waals surface area contributed by atoms with E-state index < -0.39 is 0 Å². The van der Waals surface area contributed by atoms with Gasteiger partial charge < -0.3 is 0 Å². The van der Waals surface area contributed by atoms with E-state index in [1.54, 1.807) is 12.1 Å². The van der Waals surface area contributed by atoms with Gasteiger partial charge in [0.2, 0.25) is 0 Å². The SMILES string of the molecule is O=C(Nc1nc2c(Cl)c(Cl)ccc2s1)c1cccs1. The molecule has 0 fully saturated rings. The third-order valence-electron chi connectivity index (χ3n) is 2.42. The maximum atomic E-state index is 11.9. The lowest BCUT2D eigenvalue weighted by Crippen LogP contribution is -2.09. The molecular weight excluding hydrogens is 323 g/mol. The third-order valence-corrected chi connectivity index (χ3v) is 5.02. The molecule has 0 spiro atoms. The number of anilines is 1. The molecule has 0 aliphatic heterocycles. The highest BCUT2D eigenvalue weighted by atomic mass is 35.5. The van der Waals surface area contributed by atoms with E-state index in [2.05, 4.69) is 10.3 Å². The molecule has 0 radical (unpaired) electrons. The Bertz CT molecular complexity index is 753. The third kappa shape index (κ3) is 2.47. The highest BCUT2D eigenvalue weighted by Crippen LogP contribution is 2.35. The first kappa shape index (κ1) is 12.9. The highest BCUT2D eigenvalue weighted by molar-refractivity contribution is 7.22. The molecule has 2 heterocycles. The van der Waals surface area contributed by atoms with E-state index in [1.165, 1.54) is 22.7 Å². The van der Waals surface area contributed by atoms with Gasteiger partial charge in [-0.2, -0.15) is 0 Å². The van der Waals surface area contributed by atoms with Crippen LogP contribution in [0.2, 0.25) is 10.0 Å². The van der Waals surface area contributed by atoms with Crippen LogP contribution in [0.15, 0.2) is 29.6 Å². The minimum absolute atomic E-state index is 0.170. The summed E-state index contributed by atoms with van der Waals surface area (Å²) >= 11 is 14.8. The Morgan fingerprint density at radius 1 is 1.26 bits per heavy atom. The molecule has 3 rings (SSSR count). The molecular formula is C12H6Cl2N2OS2. The molecule has 2 aromatic heterocycles. The zero-order chi connectivity index (χ0) is 13.4. The number of nitrogens with one attached hydrogen (secondary N) is 1. The van der Waals surface area contributed by atoms with Gasteiger partial charge in [-0.15, -0.1) is 11.3 Å². The number of rotatable bonds is 2. The molecule has 0 unspecified atom stereocenters. The number of benzene rings is 1. The molecule has 0 aliphatic rings. The van der Waals surface area contributed by atoms with Crippen molar-refractivity contribution in [2.75, 3.05) is 5.32 Å². The van der Waals surface area contributed by atoms with Gasteiger partial charge in [-0.25, -0.2) is 4.98 Å². The van der Waals surface area contributed by atoms with Crippen LogP contribution in [0.3, 0.4) is 0 Å². The lowest BCUT2D eigenvalue weighted by Gasteiger charge is -1.97. The normalized spacial score (nSPS) is 10.8. The summed E-state index contributed by atoms with van der Waals surface area (Å²) < 4.78 is 0.885. The van der Waals surface area contributed by atoms with Crippen LogP contribution in [0, 0.1) is 0 Å². The first-order chi connectivity index (χ1) is 9.15. The lowest BCUT2D eigenvalue weighted by molar-refractivity contribution is 0.103. The molecule has 19 heavy (non-hydrogen) atoms. The Morgan fingerprint density at radius 3 is 2.84 bits per heavy atom. The largest absolute Gasteiger partial charge is 0.297 e. The molecule has 0 atom stereocenters. The first-order valence-corrected chi connectivity index (χ1v) is 7.70. The van der Waals surface area contributed by atoms with Gasteiger partial charge in [0.15, 0.2) is 5.13 Å². The van der Waals surface area contributed by atoms with Gasteiger partial charge in [0.25, 0.3) is 5.91 Å². The summed E-state index contributed by atoms with van der Waals surface area (Å²) in [6.45, 7) is 0. The number of halogens is 2. The van der Waals surface area contributed by atoms with E-state index >= 15 is 0 Å². The van der Waals surface area contributed by atoms with Gasteiger partial charge in [0, 0.05) is 0 Å². The number of hydrogen-bond acceptors (Lipinski definition) is 4. The van der Waals surface area contributed by atoms with Crippen LogP contribution in [0.4, 0.5) is 5.13 Å². The van der Waals surface area contributed by atoms with E-state index in [9.17, 15) is 4.79 Å². The standard InChI is InChI=1S/C12H6Cl2N2OS2/c13-6-3-4-7-10(9(6)14)15-12(19-7)16-11(17)8-2-1-5-18-8/h1-5H,(H,15,16,17). The number of carbonyl (C=O) groups is 1. The average molecular weight is 329 g/mol. The van der Waals surface area contributed by atoms with Crippen LogP contribution in [0.5, 0.6) is 0 Å². The van der Waals surface area contributed by atoms with E-state index in [1.807, 2.05) is 17.5 Å². The van der Waals surface area contributed by atoms with Crippen molar-refractivity contribution in [1.82, 2.24) is 4.98 Å². The molecule has 1 aromatic carbocycles. The predicted octanol–water partition coefficient (Wildman–Crippen LogP) is 4.92. The number of nitrogens with zero attached hydrogens (tertiary/aromatic N) is 1. The fraction of sp³-hybridized carbons (Fsp3) is 0. The Balaban J connectivity index is 1.94. The topological polar surface area (TPSA) is 42.0 Å². The molecule has 0 aliphatic carbocycles. The minimum atomic E-state index is -0.170. The van der Waals surface area contributed by atoms with Gasteiger partial charge in [-0.05, 0) is 23.6 Å². The molecule has 1 N–H and O–H groups in total. The molecule has 1 amide bonds. The predicted molar refractivity (Wildman–Crippen MR) is 81.9 cm³/mol. The van der Waals surface area contributed by atoms with Crippen molar-refractivity contribution in [2.24, 2.45) is 0 Å². The fourth-order valence-corrected chi connectivity index (χ4v) is 3.46. The molecule has 3 nitrogen and oxygen atoms in total. The van der Waals surface area contributed by atoms with E-state index in [0.717, 1.165) is 4.70 Å². The summed E-state index contributed by atoms with van der Waals surface area (Å²) in [5.74, 6) is -0.170. The number of carbonyl (C=O) groups excluding carboxylic acids is 1. The second-order valence-electron chi connectivity index (χ2n) is 3.66. The maximum absolute atomic E-state index is 11.9. The molecule has 0 bridgehead atoms. The maximum Gasteiger partial charge on any atom is 0.267 e. The van der Waals surface area contributed by atoms with Crippen molar-refractivity contribution in [3.63, 3.8) is 0 Å². The van der Waals surface area contributed by atoms with E-state index in [0.29, 0.717) is 25.6 Å².